The molecular weight excluding hydrogens is 462 g/mol. The number of hydrogen-bond acceptors (Lipinski definition) is 3. The Morgan fingerprint density at radius 3 is 2.50 bits per heavy atom. The normalized spacial score (nSPS) is 16.6. The van der Waals surface area contributed by atoms with Gasteiger partial charge in [-0.3, -0.25) is 4.79 Å². The third kappa shape index (κ3) is 5.86. The molecular formula is C30H32F2O4. The lowest BCUT2D eigenvalue weighted by Gasteiger charge is -2.30. The van der Waals surface area contributed by atoms with E-state index in [4.69, 9.17) is 14.6 Å². The molecule has 3 aromatic carbocycles. The SMILES string of the molecule is COc1ccc(F)c(-c2ccc(COc3cc(F)cc(CCC(=O)O)c3)cc2C2CCCC2(C)C)c1. The molecule has 0 aliphatic heterocycles. The van der Waals surface area contributed by atoms with Crippen LogP contribution in [0.1, 0.15) is 62.1 Å². The first-order chi connectivity index (χ1) is 17.2. The summed E-state index contributed by atoms with van der Waals surface area (Å²) in [7, 11) is 1.57. The van der Waals surface area contributed by atoms with E-state index in [0.29, 0.717) is 22.6 Å². The Balaban J connectivity index is 1.65. The molecule has 0 bridgehead atoms. The van der Waals surface area contributed by atoms with Crippen LogP contribution in [0.15, 0.2) is 54.6 Å². The van der Waals surface area contributed by atoms with Gasteiger partial charge in [-0.1, -0.05) is 38.5 Å². The summed E-state index contributed by atoms with van der Waals surface area (Å²) in [5.74, 6) is -0.497. The van der Waals surface area contributed by atoms with Gasteiger partial charge in [0.25, 0.3) is 0 Å². The first kappa shape index (κ1) is 25.7. The van der Waals surface area contributed by atoms with Crippen molar-refractivity contribution in [2.45, 2.75) is 58.5 Å². The van der Waals surface area contributed by atoms with Crippen LogP contribution in [0.5, 0.6) is 11.5 Å². The molecule has 36 heavy (non-hydrogen) atoms. The zero-order chi connectivity index (χ0) is 25.9. The van der Waals surface area contributed by atoms with Crippen LogP contribution in [0.2, 0.25) is 0 Å². The van der Waals surface area contributed by atoms with Gasteiger partial charge in [-0.2, -0.15) is 0 Å². The molecule has 3 aromatic rings. The van der Waals surface area contributed by atoms with E-state index in [9.17, 15) is 13.6 Å². The molecule has 0 heterocycles. The van der Waals surface area contributed by atoms with Crippen LogP contribution >= 0.6 is 0 Å². The number of hydrogen-bond donors (Lipinski definition) is 1. The maximum absolute atomic E-state index is 15.0. The van der Waals surface area contributed by atoms with Crippen molar-refractivity contribution in [3.05, 3.63) is 82.9 Å². The highest BCUT2D eigenvalue weighted by molar-refractivity contribution is 5.71. The molecule has 4 nitrogen and oxygen atoms in total. The van der Waals surface area contributed by atoms with Crippen molar-refractivity contribution in [1.82, 2.24) is 0 Å². The topological polar surface area (TPSA) is 55.8 Å². The Morgan fingerprint density at radius 2 is 1.81 bits per heavy atom. The van der Waals surface area contributed by atoms with Crippen LogP contribution in [-0.4, -0.2) is 18.2 Å². The lowest BCUT2D eigenvalue weighted by Crippen LogP contribution is -2.17. The van der Waals surface area contributed by atoms with Crippen molar-refractivity contribution >= 4 is 5.97 Å². The Kier molecular flexibility index (Phi) is 7.62. The number of aliphatic carboxylic acids is 1. The molecule has 1 atom stereocenters. The van der Waals surface area contributed by atoms with E-state index >= 15 is 0 Å². The van der Waals surface area contributed by atoms with E-state index in [-0.39, 0.29) is 36.6 Å². The molecule has 6 heteroatoms. The highest BCUT2D eigenvalue weighted by Crippen LogP contribution is 2.51. The Labute approximate surface area is 210 Å². The predicted molar refractivity (Wildman–Crippen MR) is 135 cm³/mol. The molecule has 4 rings (SSSR count). The number of carboxylic acid groups (broad SMARTS) is 1. The van der Waals surface area contributed by atoms with Gasteiger partial charge < -0.3 is 14.6 Å². The molecule has 0 amide bonds. The second kappa shape index (κ2) is 10.7. The number of halogens is 2. The first-order valence-corrected chi connectivity index (χ1v) is 12.3. The van der Waals surface area contributed by atoms with Crippen LogP contribution in [0.4, 0.5) is 8.78 Å². The Morgan fingerprint density at radius 1 is 1.00 bits per heavy atom. The molecule has 1 N–H and O–H groups in total. The quantitative estimate of drug-likeness (QED) is 0.334. The molecule has 0 saturated heterocycles. The highest BCUT2D eigenvalue weighted by Gasteiger charge is 2.37. The number of methoxy groups -OCH3 is 1. The van der Waals surface area contributed by atoms with Gasteiger partial charge in [0.15, 0.2) is 0 Å². The lowest BCUT2D eigenvalue weighted by molar-refractivity contribution is -0.136. The summed E-state index contributed by atoms with van der Waals surface area (Å²) < 4.78 is 40.3. The van der Waals surface area contributed by atoms with E-state index in [0.717, 1.165) is 36.0 Å². The van der Waals surface area contributed by atoms with Gasteiger partial charge in [-0.15, -0.1) is 0 Å². The van der Waals surface area contributed by atoms with E-state index < -0.39 is 11.8 Å². The summed E-state index contributed by atoms with van der Waals surface area (Å²) >= 11 is 0. The minimum atomic E-state index is -0.934. The fraction of sp³-hybridized carbons (Fsp3) is 0.367. The highest BCUT2D eigenvalue weighted by atomic mass is 19.1. The number of benzene rings is 3. The predicted octanol–water partition coefficient (Wildman–Crippen LogP) is 7.53. The standard InChI is InChI=1S/C30H32F2O4/c1-30(2)12-4-5-27(30)25-15-20(6-9-24(25)26-17-22(35-3)8-10-28(26)32)18-36-23-14-19(7-11-29(33)34)13-21(31)16-23/h6,8-10,13-17,27H,4-5,7,11-12,18H2,1-3H3,(H,33,34). The van der Waals surface area contributed by atoms with Crippen molar-refractivity contribution in [2.75, 3.05) is 7.11 Å². The van der Waals surface area contributed by atoms with Crippen molar-refractivity contribution in [1.29, 1.82) is 0 Å². The number of ether oxygens (including phenoxy) is 2. The van der Waals surface area contributed by atoms with Crippen LogP contribution in [-0.2, 0) is 17.8 Å². The van der Waals surface area contributed by atoms with Crippen LogP contribution in [0.3, 0.4) is 0 Å². The maximum atomic E-state index is 15.0. The molecule has 1 aliphatic rings. The second-order valence-corrected chi connectivity index (χ2v) is 10.2. The number of carboxylic acids is 1. The van der Waals surface area contributed by atoms with Crippen molar-refractivity contribution in [2.24, 2.45) is 5.41 Å². The van der Waals surface area contributed by atoms with Crippen molar-refractivity contribution in [3.63, 3.8) is 0 Å². The fourth-order valence-electron chi connectivity index (χ4n) is 5.24. The second-order valence-electron chi connectivity index (χ2n) is 10.2. The lowest BCUT2D eigenvalue weighted by atomic mass is 9.75. The largest absolute Gasteiger partial charge is 0.497 e. The van der Waals surface area contributed by atoms with Crippen LogP contribution in [0, 0.1) is 17.0 Å². The average Bonchev–Trinajstić information content (AvgIpc) is 3.20. The zero-order valence-electron chi connectivity index (χ0n) is 20.9. The number of aryl methyl sites for hydroxylation is 1. The Hall–Kier alpha value is -3.41. The third-order valence-electron chi connectivity index (χ3n) is 7.18. The fourth-order valence-corrected chi connectivity index (χ4v) is 5.24. The zero-order valence-corrected chi connectivity index (χ0v) is 20.9. The van der Waals surface area contributed by atoms with Gasteiger partial charge in [0.05, 0.1) is 7.11 Å². The van der Waals surface area contributed by atoms with Crippen LogP contribution < -0.4 is 9.47 Å². The monoisotopic (exact) mass is 494 g/mol. The van der Waals surface area contributed by atoms with Gasteiger partial charge in [-0.25, -0.2) is 8.78 Å². The van der Waals surface area contributed by atoms with Gasteiger partial charge in [-0.05, 0) is 83.2 Å². The Bertz CT molecular complexity index is 1250. The molecule has 1 unspecified atom stereocenters. The minimum Gasteiger partial charge on any atom is -0.497 e. The smallest absolute Gasteiger partial charge is 0.303 e. The van der Waals surface area contributed by atoms with Crippen LogP contribution in [0.25, 0.3) is 11.1 Å². The summed E-state index contributed by atoms with van der Waals surface area (Å²) in [6.45, 7) is 4.72. The summed E-state index contributed by atoms with van der Waals surface area (Å²) in [6, 6.07) is 15.0. The summed E-state index contributed by atoms with van der Waals surface area (Å²) in [6.07, 6.45) is 3.38. The van der Waals surface area contributed by atoms with Gasteiger partial charge in [0, 0.05) is 18.1 Å². The van der Waals surface area contributed by atoms with Crippen molar-refractivity contribution < 1.29 is 28.2 Å². The summed E-state index contributed by atoms with van der Waals surface area (Å²) in [4.78, 5) is 10.9. The molecule has 0 radical (unpaired) electrons. The van der Waals surface area contributed by atoms with E-state index in [1.807, 2.05) is 12.1 Å². The molecule has 1 aliphatic carbocycles. The average molecular weight is 495 g/mol. The van der Waals surface area contributed by atoms with Gasteiger partial charge in [0.2, 0.25) is 0 Å². The first-order valence-electron chi connectivity index (χ1n) is 12.3. The van der Waals surface area contributed by atoms with E-state index in [2.05, 4.69) is 19.9 Å². The molecule has 1 saturated carbocycles. The maximum Gasteiger partial charge on any atom is 0.303 e. The number of carbonyl (C=O) groups is 1. The summed E-state index contributed by atoms with van der Waals surface area (Å²) in [5.41, 5.74) is 3.97. The number of rotatable bonds is 9. The van der Waals surface area contributed by atoms with E-state index in [1.54, 1.807) is 25.3 Å². The molecule has 190 valence electrons. The third-order valence-corrected chi connectivity index (χ3v) is 7.18. The van der Waals surface area contributed by atoms with Crippen molar-refractivity contribution in [3.8, 4) is 22.6 Å². The van der Waals surface area contributed by atoms with Gasteiger partial charge in [0.1, 0.15) is 29.7 Å². The summed E-state index contributed by atoms with van der Waals surface area (Å²) in [5, 5.41) is 8.91. The van der Waals surface area contributed by atoms with E-state index in [1.165, 1.54) is 18.2 Å². The molecule has 0 aromatic heterocycles. The van der Waals surface area contributed by atoms with Gasteiger partial charge >= 0.3 is 5.97 Å². The minimum absolute atomic E-state index is 0.0746. The molecule has 0 spiro atoms. The molecule has 1 fully saturated rings.